The van der Waals surface area contributed by atoms with Gasteiger partial charge in [-0.3, -0.25) is 4.94 Å². The summed E-state index contributed by atoms with van der Waals surface area (Å²) >= 11 is 0. The number of benzene rings is 2. The molecule has 0 aliphatic rings. The van der Waals surface area contributed by atoms with E-state index in [9.17, 15) is 13.7 Å². The standard InChI is InChI=1S/C16H14F2O2/c17-14-7-4-13(5-8-14)16-11-15(20-18)9-6-12(16)3-1-2-10-19/h4-11H,1-3H2. The van der Waals surface area contributed by atoms with Gasteiger partial charge in [0.15, 0.2) is 5.75 Å². The van der Waals surface area contributed by atoms with Crippen LogP contribution in [0.25, 0.3) is 11.1 Å². The van der Waals surface area contributed by atoms with Crippen LogP contribution in [-0.4, -0.2) is 6.29 Å². The molecule has 0 fully saturated rings. The maximum atomic E-state index is 13.0. The third-order valence-corrected chi connectivity index (χ3v) is 3.09. The molecule has 0 aliphatic carbocycles. The van der Waals surface area contributed by atoms with Gasteiger partial charge in [0.25, 0.3) is 0 Å². The normalized spacial score (nSPS) is 10.3. The van der Waals surface area contributed by atoms with Gasteiger partial charge in [-0.05, 0) is 53.8 Å². The first-order valence-electron chi connectivity index (χ1n) is 6.35. The average molecular weight is 276 g/mol. The van der Waals surface area contributed by atoms with Crippen LogP contribution in [0.1, 0.15) is 18.4 Å². The quantitative estimate of drug-likeness (QED) is 0.581. The van der Waals surface area contributed by atoms with Crippen LogP contribution in [0.15, 0.2) is 42.5 Å². The first-order chi connectivity index (χ1) is 9.74. The smallest absolute Gasteiger partial charge is 0.172 e. The number of halogens is 2. The first-order valence-corrected chi connectivity index (χ1v) is 6.35. The van der Waals surface area contributed by atoms with Crippen molar-refractivity contribution in [2.24, 2.45) is 0 Å². The Labute approximate surface area is 115 Å². The summed E-state index contributed by atoms with van der Waals surface area (Å²) in [6.07, 6.45) is 2.76. The van der Waals surface area contributed by atoms with Crippen LogP contribution in [0, 0.1) is 5.82 Å². The topological polar surface area (TPSA) is 26.3 Å². The van der Waals surface area contributed by atoms with Gasteiger partial charge < -0.3 is 4.79 Å². The van der Waals surface area contributed by atoms with Crippen molar-refractivity contribution < 1.29 is 18.7 Å². The lowest BCUT2D eigenvalue weighted by atomic mass is 9.96. The van der Waals surface area contributed by atoms with Gasteiger partial charge in [0.2, 0.25) is 0 Å². The van der Waals surface area contributed by atoms with Crippen LogP contribution in [0.4, 0.5) is 8.92 Å². The second kappa shape index (κ2) is 6.80. The first kappa shape index (κ1) is 14.2. The van der Waals surface area contributed by atoms with Crippen LogP contribution in [0.5, 0.6) is 5.75 Å². The number of carbonyl (C=O) groups excluding carboxylic acids is 1. The molecule has 0 N–H and O–H groups in total. The SMILES string of the molecule is O=CCCCc1ccc(OF)cc1-c1ccc(F)cc1. The zero-order valence-electron chi connectivity index (χ0n) is 10.8. The van der Waals surface area contributed by atoms with Gasteiger partial charge in [-0.2, -0.15) is 0 Å². The van der Waals surface area contributed by atoms with Crippen LogP contribution in [-0.2, 0) is 11.2 Å². The molecule has 0 amide bonds. The van der Waals surface area contributed by atoms with E-state index in [1.807, 2.05) is 0 Å². The lowest BCUT2D eigenvalue weighted by molar-refractivity contribution is -0.107. The predicted octanol–water partition coefficient (Wildman–Crippen LogP) is 4.28. The number of aldehydes is 1. The molecule has 0 heterocycles. The maximum Gasteiger partial charge on any atom is 0.172 e. The van der Waals surface area contributed by atoms with E-state index < -0.39 is 0 Å². The lowest BCUT2D eigenvalue weighted by Crippen LogP contribution is -1.92. The van der Waals surface area contributed by atoms with Crippen molar-refractivity contribution in [1.82, 2.24) is 0 Å². The van der Waals surface area contributed by atoms with Crippen molar-refractivity contribution in [2.45, 2.75) is 19.3 Å². The van der Waals surface area contributed by atoms with Gasteiger partial charge in [0.05, 0.1) is 0 Å². The second-order valence-corrected chi connectivity index (χ2v) is 4.46. The molecule has 2 nitrogen and oxygen atoms in total. The molecular weight excluding hydrogens is 262 g/mol. The molecule has 4 heteroatoms. The summed E-state index contributed by atoms with van der Waals surface area (Å²) in [6.45, 7) is 0. The van der Waals surface area contributed by atoms with Gasteiger partial charge in [0.1, 0.15) is 12.1 Å². The fourth-order valence-electron chi connectivity index (χ4n) is 2.10. The summed E-state index contributed by atoms with van der Waals surface area (Å²) < 4.78 is 25.3. The molecular formula is C16H14F2O2. The Kier molecular flexibility index (Phi) is 4.82. The van der Waals surface area contributed by atoms with Gasteiger partial charge in [-0.1, -0.05) is 18.2 Å². The fraction of sp³-hybridized carbons (Fsp3) is 0.188. The summed E-state index contributed by atoms with van der Waals surface area (Å²) in [4.78, 5) is 14.1. The molecule has 20 heavy (non-hydrogen) atoms. The van der Waals surface area contributed by atoms with Crippen LogP contribution in [0.2, 0.25) is 0 Å². The highest BCUT2D eigenvalue weighted by atomic mass is 19.3. The van der Waals surface area contributed by atoms with Crippen molar-refractivity contribution in [2.75, 3.05) is 0 Å². The van der Waals surface area contributed by atoms with Crippen molar-refractivity contribution >= 4 is 6.29 Å². The van der Waals surface area contributed by atoms with Gasteiger partial charge >= 0.3 is 0 Å². The van der Waals surface area contributed by atoms with E-state index >= 15 is 0 Å². The van der Waals surface area contributed by atoms with E-state index in [4.69, 9.17) is 0 Å². The number of hydrogen-bond acceptors (Lipinski definition) is 2. The largest absolute Gasteiger partial charge is 0.303 e. The van der Waals surface area contributed by atoms with E-state index in [0.29, 0.717) is 19.3 Å². The highest BCUT2D eigenvalue weighted by molar-refractivity contribution is 5.69. The number of hydrogen-bond donors (Lipinski definition) is 0. The van der Waals surface area contributed by atoms with E-state index in [-0.39, 0.29) is 11.6 Å². The number of aryl methyl sites for hydroxylation is 1. The number of rotatable bonds is 6. The Morgan fingerprint density at radius 3 is 2.50 bits per heavy atom. The Bertz CT molecular complexity index is 580. The number of carbonyl (C=O) groups is 1. The van der Waals surface area contributed by atoms with Crippen molar-refractivity contribution in [3.8, 4) is 16.9 Å². The molecule has 0 radical (unpaired) electrons. The molecule has 0 bridgehead atoms. The van der Waals surface area contributed by atoms with Gasteiger partial charge in [0, 0.05) is 10.9 Å². The highest BCUT2D eigenvalue weighted by Gasteiger charge is 2.08. The van der Waals surface area contributed by atoms with Gasteiger partial charge in [-0.15, -0.1) is 0 Å². The summed E-state index contributed by atoms with van der Waals surface area (Å²) in [5.41, 5.74) is 2.54. The van der Waals surface area contributed by atoms with Crippen LogP contribution >= 0.6 is 0 Å². The van der Waals surface area contributed by atoms with E-state index in [1.165, 1.54) is 18.2 Å². The molecule has 0 saturated heterocycles. The summed E-state index contributed by atoms with van der Waals surface area (Å²) in [5, 5.41) is 0. The van der Waals surface area contributed by atoms with E-state index in [0.717, 1.165) is 23.0 Å². The summed E-state index contributed by atoms with van der Waals surface area (Å²) in [5.74, 6) is -0.224. The van der Waals surface area contributed by atoms with Crippen LogP contribution < -0.4 is 4.94 Å². The maximum absolute atomic E-state index is 13.0. The molecule has 2 aromatic rings. The fourth-order valence-corrected chi connectivity index (χ4v) is 2.10. The summed E-state index contributed by atoms with van der Waals surface area (Å²) in [7, 11) is 0. The molecule has 0 aromatic heterocycles. The molecule has 0 atom stereocenters. The zero-order valence-corrected chi connectivity index (χ0v) is 10.8. The third-order valence-electron chi connectivity index (χ3n) is 3.09. The Balaban J connectivity index is 2.36. The minimum absolute atomic E-state index is 0.100. The highest BCUT2D eigenvalue weighted by Crippen LogP contribution is 2.29. The molecule has 2 aromatic carbocycles. The monoisotopic (exact) mass is 276 g/mol. The predicted molar refractivity (Wildman–Crippen MR) is 72.6 cm³/mol. The zero-order chi connectivity index (χ0) is 14.4. The Hall–Kier alpha value is -2.23. The van der Waals surface area contributed by atoms with E-state index in [1.54, 1.807) is 24.3 Å². The molecule has 2 rings (SSSR count). The minimum atomic E-state index is -0.325. The minimum Gasteiger partial charge on any atom is -0.303 e. The Morgan fingerprint density at radius 1 is 1.10 bits per heavy atom. The van der Waals surface area contributed by atoms with E-state index in [2.05, 4.69) is 4.94 Å². The average Bonchev–Trinajstić information content (AvgIpc) is 2.48. The Morgan fingerprint density at radius 2 is 1.85 bits per heavy atom. The summed E-state index contributed by atoms with van der Waals surface area (Å²) in [6, 6.07) is 10.8. The third kappa shape index (κ3) is 3.41. The molecule has 0 spiro atoms. The second-order valence-electron chi connectivity index (χ2n) is 4.46. The van der Waals surface area contributed by atoms with Crippen molar-refractivity contribution in [3.05, 3.63) is 53.8 Å². The van der Waals surface area contributed by atoms with Gasteiger partial charge in [-0.25, -0.2) is 4.39 Å². The van der Waals surface area contributed by atoms with Crippen LogP contribution in [0.3, 0.4) is 0 Å². The molecule has 0 aliphatic heterocycles. The number of unbranched alkanes of at least 4 members (excludes halogenated alkanes) is 1. The van der Waals surface area contributed by atoms with Crippen molar-refractivity contribution in [1.29, 1.82) is 0 Å². The lowest BCUT2D eigenvalue weighted by Gasteiger charge is -2.10. The molecule has 0 unspecified atom stereocenters. The molecule has 104 valence electrons. The molecule has 0 saturated carbocycles. The van der Waals surface area contributed by atoms with Crippen molar-refractivity contribution in [3.63, 3.8) is 0 Å².